The third-order valence-electron chi connectivity index (χ3n) is 4.94. The SMILES string of the molecule is COc1ccc(CCN(C)C(=O)c2sccc2S(=O)(=O)N2CCSCC2)cc1OC. The Balaban J connectivity index is 1.71. The van der Waals surface area contributed by atoms with Gasteiger partial charge < -0.3 is 14.4 Å². The van der Waals surface area contributed by atoms with Crippen molar-refractivity contribution in [3.63, 3.8) is 0 Å². The molecule has 7 nitrogen and oxygen atoms in total. The van der Waals surface area contributed by atoms with Crippen LogP contribution in [0.1, 0.15) is 15.2 Å². The van der Waals surface area contributed by atoms with Gasteiger partial charge in [-0.25, -0.2) is 8.42 Å². The number of thioether (sulfide) groups is 1. The molecular weight excluding hydrogens is 444 g/mol. The van der Waals surface area contributed by atoms with E-state index < -0.39 is 10.0 Å². The summed E-state index contributed by atoms with van der Waals surface area (Å²) in [5.74, 6) is 2.55. The lowest BCUT2D eigenvalue weighted by Gasteiger charge is -2.26. The first-order chi connectivity index (χ1) is 14.4. The Bertz CT molecular complexity index is 984. The van der Waals surface area contributed by atoms with Gasteiger partial charge in [0.15, 0.2) is 11.5 Å². The van der Waals surface area contributed by atoms with E-state index >= 15 is 0 Å². The van der Waals surface area contributed by atoms with Crippen LogP contribution >= 0.6 is 23.1 Å². The van der Waals surface area contributed by atoms with Crippen molar-refractivity contribution in [1.29, 1.82) is 0 Å². The normalized spacial score (nSPS) is 15.0. The van der Waals surface area contributed by atoms with E-state index in [-0.39, 0.29) is 15.7 Å². The number of rotatable bonds is 8. The van der Waals surface area contributed by atoms with E-state index in [0.717, 1.165) is 17.1 Å². The minimum absolute atomic E-state index is 0.113. The van der Waals surface area contributed by atoms with Gasteiger partial charge in [0, 0.05) is 38.2 Å². The third kappa shape index (κ3) is 4.93. The number of nitrogens with zero attached hydrogens (tertiary/aromatic N) is 2. The van der Waals surface area contributed by atoms with Crippen molar-refractivity contribution in [2.75, 3.05) is 52.4 Å². The first-order valence-corrected chi connectivity index (χ1v) is 13.0. The number of methoxy groups -OCH3 is 2. The average molecular weight is 471 g/mol. The highest BCUT2D eigenvalue weighted by Gasteiger charge is 2.32. The maximum absolute atomic E-state index is 13.0. The van der Waals surface area contributed by atoms with Gasteiger partial charge >= 0.3 is 0 Å². The van der Waals surface area contributed by atoms with Crippen molar-refractivity contribution in [3.05, 3.63) is 40.1 Å². The molecule has 0 bridgehead atoms. The van der Waals surface area contributed by atoms with Gasteiger partial charge in [0.2, 0.25) is 10.0 Å². The lowest BCUT2D eigenvalue weighted by molar-refractivity contribution is 0.0797. The Morgan fingerprint density at radius 3 is 2.50 bits per heavy atom. The van der Waals surface area contributed by atoms with Gasteiger partial charge in [-0.1, -0.05) is 6.07 Å². The first kappa shape index (κ1) is 22.9. The average Bonchev–Trinajstić information content (AvgIpc) is 3.28. The smallest absolute Gasteiger partial charge is 0.265 e. The Hall–Kier alpha value is -1.75. The van der Waals surface area contributed by atoms with Gasteiger partial charge in [0.25, 0.3) is 5.91 Å². The number of thiophene rings is 1. The lowest BCUT2D eigenvalue weighted by atomic mass is 10.1. The topological polar surface area (TPSA) is 76.2 Å². The van der Waals surface area contributed by atoms with Gasteiger partial charge in [-0.15, -0.1) is 11.3 Å². The van der Waals surface area contributed by atoms with Crippen molar-refractivity contribution < 1.29 is 22.7 Å². The summed E-state index contributed by atoms with van der Waals surface area (Å²) in [5, 5.41) is 1.67. The maximum atomic E-state index is 13.0. The summed E-state index contributed by atoms with van der Waals surface area (Å²) in [7, 11) is 1.20. The van der Waals surface area contributed by atoms with Crippen LogP contribution in [0.2, 0.25) is 0 Å². The molecule has 2 heterocycles. The predicted octanol–water partition coefficient (Wildman–Crippen LogP) is 2.82. The van der Waals surface area contributed by atoms with Crippen LogP contribution in [-0.4, -0.2) is 75.9 Å². The van der Waals surface area contributed by atoms with E-state index in [2.05, 4.69) is 0 Å². The summed E-state index contributed by atoms with van der Waals surface area (Å²) in [6.07, 6.45) is 0.611. The zero-order chi connectivity index (χ0) is 21.7. The maximum Gasteiger partial charge on any atom is 0.265 e. The molecule has 3 rings (SSSR count). The second-order valence-corrected chi connectivity index (χ2v) is 10.8. The van der Waals surface area contributed by atoms with Crippen molar-refractivity contribution in [2.45, 2.75) is 11.3 Å². The molecule has 1 aromatic heterocycles. The molecule has 0 unspecified atom stereocenters. The largest absolute Gasteiger partial charge is 0.493 e. The van der Waals surface area contributed by atoms with E-state index in [4.69, 9.17) is 9.47 Å². The molecule has 1 amide bonds. The van der Waals surface area contributed by atoms with Crippen LogP contribution in [-0.2, 0) is 16.4 Å². The van der Waals surface area contributed by atoms with Crippen LogP contribution in [0, 0.1) is 0 Å². The summed E-state index contributed by atoms with van der Waals surface area (Å²) in [6, 6.07) is 7.18. The lowest BCUT2D eigenvalue weighted by Crippen LogP contribution is -2.38. The van der Waals surface area contributed by atoms with E-state index in [1.807, 2.05) is 18.2 Å². The molecule has 0 spiro atoms. The van der Waals surface area contributed by atoms with Crippen LogP contribution in [0.15, 0.2) is 34.5 Å². The number of carbonyl (C=O) groups excluding carboxylic acids is 1. The Labute approximate surface area is 186 Å². The number of sulfonamides is 1. The molecule has 1 saturated heterocycles. The van der Waals surface area contributed by atoms with Crippen LogP contribution in [0.25, 0.3) is 0 Å². The van der Waals surface area contributed by atoms with E-state index in [9.17, 15) is 13.2 Å². The molecule has 0 atom stereocenters. The molecule has 30 heavy (non-hydrogen) atoms. The minimum atomic E-state index is -3.66. The fourth-order valence-corrected chi connectivity index (χ4v) is 7.16. The van der Waals surface area contributed by atoms with Gasteiger partial charge in [0.05, 0.1) is 14.2 Å². The predicted molar refractivity (Wildman–Crippen MR) is 121 cm³/mol. The summed E-state index contributed by atoms with van der Waals surface area (Å²) < 4.78 is 38.1. The second kappa shape index (κ2) is 10.0. The number of likely N-dealkylation sites (N-methyl/N-ethyl adjacent to an activating group) is 1. The number of carbonyl (C=O) groups is 1. The fraction of sp³-hybridized carbons (Fsp3) is 0.450. The fourth-order valence-electron chi connectivity index (χ4n) is 3.19. The molecule has 10 heteroatoms. The van der Waals surface area contributed by atoms with E-state index in [1.54, 1.807) is 43.3 Å². The van der Waals surface area contributed by atoms with Crippen LogP contribution in [0.3, 0.4) is 0 Å². The summed E-state index contributed by atoms with van der Waals surface area (Å²) in [6.45, 7) is 1.41. The second-order valence-electron chi connectivity index (χ2n) is 6.80. The monoisotopic (exact) mass is 470 g/mol. The highest BCUT2D eigenvalue weighted by molar-refractivity contribution is 7.99. The molecular formula is C20H26N2O5S3. The van der Waals surface area contributed by atoms with Crippen LogP contribution < -0.4 is 9.47 Å². The zero-order valence-corrected chi connectivity index (χ0v) is 19.7. The number of hydrogen-bond donors (Lipinski definition) is 0. The standard InChI is InChI=1S/C20H26N2O5S3/c1-21(8-6-15-4-5-16(26-2)17(14-15)27-3)20(23)19-18(7-11-29-19)30(24,25)22-9-12-28-13-10-22/h4-5,7,11,14H,6,8-10,12-13H2,1-3H3. The Morgan fingerprint density at radius 1 is 1.13 bits per heavy atom. The van der Waals surface area contributed by atoms with E-state index in [1.165, 1.54) is 21.7 Å². The minimum Gasteiger partial charge on any atom is -0.493 e. The number of amides is 1. The van der Waals surface area contributed by atoms with Gasteiger partial charge in [-0.2, -0.15) is 16.1 Å². The number of ether oxygens (including phenoxy) is 2. The van der Waals surface area contributed by atoms with Crippen LogP contribution in [0.4, 0.5) is 0 Å². The molecule has 0 radical (unpaired) electrons. The van der Waals surface area contributed by atoms with Gasteiger partial charge in [-0.05, 0) is 35.6 Å². The molecule has 0 N–H and O–H groups in total. The summed E-state index contributed by atoms with van der Waals surface area (Å²) in [4.78, 5) is 14.9. The number of hydrogen-bond acceptors (Lipinski definition) is 7. The Kier molecular flexibility index (Phi) is 7.67. The molecule has 1 fully saturated rings. The van der Waals surface area contributed by atoms with Crippen molar-refractivity contribution in [2.24, 2.45) is 0 Å². The van der Waals surface area contributed by atoms with Gasteiger partial charge in [0.1, 0.15) is 9.77 Å². The molecule has 2 aromatic rings. The highest BCUT2D eigenvalue weighted by Crippen LogP contribution is 2.29. The molecule has 0 aliphatic carbocycles. The van der Waals surface area contributed by atoms with Crippen LogP contribution in [0.5, 0.6) is 11.5 Å². The van der Waals surface area contributed by atoms with E-state index in [0.29, 0.717) is 37.6 Å². The first-order valence-electron chi connectivity index (χ1n) is 9.50. The molecule has 1 aliphatic rings. The van der Waals surface area contributed by atoms with Crippen molar-refractivity contribution >= 4 is 39.0 Å². The molecule has 1 aliphatic heterocycles. The van der Waals surface area contributed by atoms with Crippen molar-refractivity contribution in [1.82, 2.24) is 9.21 Å². The molecule has 0 saturated carbocycles. The Morgan fingerprint density at radius 2 is 1.83 bits per heavy atom. The highest BCUT2D eigenvalue weighted by atomic mass is 32.2. The summed E-state index contributed by atoms with van der Waals surface area (Å²) in [5.41, 5.74) is 0.997. The quantitative estimate of drug-likeness (QED) is 0.591. The van der Waals surface area contributed by atoms with Gasteiger partial charge in [-0.3, -0.25) is 4.79 Å². The summed E-state index contributed by atoms with van der Waals surface area (Å²) >= 11 is 2.91. The molecule has 164 valence electrons. The zero-order valence-electron chi connectivity index (χ0n) is 17.3. The van der Waals surface area contributed by atoms with Crippen molar-refractivity contribution in [3.8, 4) is 11.5 Å². The number of benzene rings is 1. The third-order valence-corrected chi connectivity index (χ3v) is 8.86. The molecule has 1 aromatic carbocycles.